The highest BCUT2D eigenvalue weighted by Gasteiger charge is 2.10. The molecule has 6 heteroatoms. The smallest absolute Gasteiger partial charge is 0.275 e. The van der Waals surface area contributed by atoms with Crippen LogP contribution >= 0.6 is 15.9 Å². The molecule has 0 radical (unpaired) electrons. The van der Waals surface area contributed by atoms with Crippen LogP contribution in [-0.4, -0.2) is 24.3 Å². The van der Waals surface area contributed by atoms with E-state index < -0.39 is 5.91 Å². The van der Waals surface area contributed by atoms with Crippen LogP contribution in [0.1, 0.15) is 15.9 Å². The number of nitrogens with one attached hydrogen (secondary N) is 1. The summed E-state index contributed by atoms with van der Waals surface area (Å²) in [6.45, 7) is 0. The monoisotopic (exact) mass is 348 g/mol. The lowest BCUT2D eigenvalue weighted by molar-refractivity contribution is 0.0952. The van der Waals surface area contributed by atoms with Gasteiger partial charge in [0.2, 0.25) is 0 Å². The molecule has 0 aliphatic carbocycles. The fourth-order valence-corrected chi connectivity index (χ4v) is 2.06. The van der Waals surface area contributed by atoms with Crippen LogP contribution in [0.15, 0.2) is 52.0 Å². The number of phenols is 1. The SMILES string of the molecule is COc1ccccc1C(=O)NN=Cc1cc(Br)ccc1O. The second-order valence-corrected chi connectivity index (χ2v) is 5.02. The van der Waals surface area contributed by atoms with E-state index in [-0.39, 0.29) is 5.75 Å². The first-order valence-corrected chi connectivity index (χ1v) is 6.86. The molecule has 108 valence electrons. The van der Waals surface area contributed by atoms with E-state index >= 15 is 0 Å². The molecule has 0 unspecified atom stereocenters. The quantitative estimate of drug-likeness (QED) is 0.659. The number of carbonyl (C=O) groups is 1. The predicted octanol–water partition coefficient (Wildman–Crippen LogP) is 2.93. The molecule has 2 aromatic carbocycles. The summed E-state index contributed by atoms with van der Waals surface area (Å²) >= 11 is 3.30. The van der Waals surface area contributed by atoms with Crippen LogP contribution < -0.4 is 10.2 Å². The Labute approximate surface area is 130 Å². The first-order valence-electron chi connectivity index (χ1n) is 6.06. The molecule has 5 nitrogen and oxygen atoms in total. The molecule has 2 aromatic rings. The average Bonchev–Trinajstić information content (AvgIpc) is 2.50. The molecule has 0 aliphatic heterocycles. The molecule has 0 bridgehead atoms. The summed E-state index contributed by atoms with van der Waals surface area (Å²) in [5, 5.41) is 13.5. The zero-order chi connectivity index (χ0) is 15.2. The summed E-state index contributed by atoms with van der Waals surface area (Å²) < 4.78 is 5.91. The van der Waals surface area contributed by atoms with Crippen LogP contribution in [0.3, 0.4) is 0 Å². The molecular formula is C15H13BrN2O3. The number of hydrazone groups is 1. The largest absolute Gasteiger partial charge is 0.507 e. The number of ether oxygens (including phenoxy) is 1. The van der Waals surface area contributed by atoms with Crippen molar-refractivity contribution in [3.8, 4) is 11.5 Å². The lowest BCUT2D eigenvalue weighted by Gasteiger charge is -2.06. The van der Waals surface area contributed by atoms with Crippen LogP contribution in [-0.2, 0) is 0 Å². The van der Waals surface area contributed by atoms with Crippen molar-refractivity contribution >= 4 is 28.1 Å². The normalized spacial score (nSPS) is 10.6. The number of hydrogen-bond donors (Lipinski definition) is 2. The molecule has 0 saturated heterocycles. The number of nitrogens with zero attached hydrogens (tertiary/aromatic N) is 1. The molecule has 1 amide bonds. The summed E-state index contributed by atoms with van der Waals surface area (Å²) in [6.07, 6.45) is 1.37. The Morgan fingerprint density at radius 3 is 2.86 bits per heavy atom. The van der Waals surface area contributed by atoms with Crippen LogP contribution in [0.25, 0.3) is 0 Å². The van der Waals surface area contributed by atoms with Crippen LogP contribution in [0.4, 0.5) is 0 Å². The van der Waals surface area contributed by atoms with Gasteiger partial charge in [-0.1, -0.05) is 28.1 Å². The number of phenolic OH excluding ortho intramolecular Hbond substituents is 1. The van der Waals surface area contributed by atoms with E-state index in [2.05, 4.69) is 26.5 Å². The topological polar surface area (TPSA) is 70.9 Å². The summed E-state index contributed by atoms with van der Waals surface area (Å²) in [6, 6.07) is 11.8. The van der Waals surface area contributed by atoms with Gasteiger partial charge >= 0.3 is 0 Å². The van der Waals surface area contributed by atoms with Gasteiger partial charge < -0.3 is 9.84 Å². The van der Waals surface area contributed by atoms with Crippen molar-refractivity contribution in [2.24, 2.45) is 5.10 Å². The van der Waals surface area contributed by atoms with Crippen LogP contribution in [0.5, 0.6) is 11.5 Å². The van der Waals surface area contributed by atoms with E-state index in [1.54, 1.807) is 36.4 Å². The first kappa shape index (κ1) is 15.1. The molecule has 2 N–H and O–H groups in total. The van der Waals surface area contributed by atoms with E-state index in [4.69, 9.17) is 4.74 Å². The number of carbonyl (C=O) groups excluding carboxylic acids is 1. The van der Waals surface area contributed by atoms with Gasteiger partial charge in [-0.3, -0.25) is 4.79 Å². The van der Waals surface area contributed by atoms with Gasteiger partial charge in [0.15, 0.2) is 0 Å². The lowest BCUT2D eigenvalue weighted by Crippen LogP contribution is -2.18. The molecule has 0 aliphatic rings. The third-order valence-electron chi connectivity index (χ3n) is 2.71. The van der Waals surface area contributed by atoms with Crippen molar-refractivity contribution in [1.29, 1.82) is 0 Å². The van der Waals surface area contributed by atoms with E-state index in [0.29, 0.717) is 16.9 Å². The van der Waals surface area contributed by atoms with Crippen molar-refractivity contribution < 1.29 is 14.6 Å². The fourth-order valence-electron chi connectivity index (χ4n) is 1.68. The minimum absolute atomic E-state index is 0.0773. The Balaban J connectivity index is 2.10. The second kappa shape index (κ2) is 6.90. The van der Waals surface area contributed by atoms with E-state index in [1.807, 2.05) is 0 Å². The Hall–Kier alpha value is -2.34. The highest BCUT2D eigenvalue weighted by atomic mass is 79.9. The molecule has 0 spiro atoms. The molecule has 0 saturated carbocycles. The maximum Gasteiger partial charge on any atom is 0.275 e. The van der Waals surface area contributed by atoms with Crippen molar-refractivity contribution in [3.63, 3.8) is 0 Å². The van der Waals surface area contributed by atoms with Gasteiger partial charge in [-0.05, 0) is 30.3 Å². The van der Waals surface area contributed by atoms with Crippen molar-refractivity contribution in [2.45, 2.75) is 0 Å². The highest BCUT2D eigenvalue weighted by molar-refractivity contribution is 9.10. The van der Waals surface area contributed by atoms with E-state index in [0.717, 1.165) is 4.47 Å². The van der Waals surface area contributed by atoms with Gasteiger partial charge in [-0.25, -0.2) is 5.43 Å². The van der Waals surface area contributed by atoms with Crippen LogP contribution in [0.2, 0.25) is 0 Å². The van der Waals surface area contributed by atoms with Crippen molar-refractivity contribution in [2.75, 3.05) is 7.11 Å². The van der Waals surface area contributed by atoms with Crippen LogP contribution in [0, 0.1) is 0 Å². The number of para-hydroxylation sites is 1. The molecular weight excluding hydrogens is 336 g/mol. The molecule has 0 heterocycles. The molecule has 0 aromatic heterocycles. The zero-order valence-electron chi connectivity index (χ0n) is 11.2. The number of methoxy groups -OCH3 is 1. The Bertz CT molecular complexity index is 686. The lowest BCUT2D eigenvalue weighted by atomic mass is 10.2. The van der Waals surface area contributed by atoms with Gasteiger partial charge in [0.05, 0.1) is 18.9 Å². The first-order chi connectivity index (χ1) is 10.1. The molecule has 2 rings (SSSR count). The van der Waals surface area contributed by atoms with E-state index in [9.17, 15) is 9.90 Å². The maximum atomic E-state index is 12.0. The minimum Gasteiger partial charge on any atom is -0.507 e. The Morgan fingerprint density at radius 2 is 2.10 bits per heavy atom. The fraction of sp³-hybridized carbons (Fsp3) is 0.0667. The number of aromatic hydroxyl groups is 1. The Morgan fingerprint density at radius 1 is 1.33 bits per heavy atom. The summed E-state index contributed by atoms with van der Waals surface area (Å²) in [4.78, 5) is 12.0. The summed E-state index contributed by atoms with van der Waals surface area (Å²) in [5.41, 5.74) is 3.27. The third kappa shape index (κ3) is 3.82. The number of benzene rings is 2. The summed E-state index contributed by atoms with van der Waals surface area (Å²) in [7, 11) is 1.49. The van der Waals surface area contributed by atoms with Gasteiger partial charge in [-0.15, -0.1) is 0 Å². The Kier molecular flexibility index (Phi) is 4.94. The maximum absolute atomic E-state index is 12.0. The number of hydrogen-bond acceptors (Lipinski definition) is 4. The third-order valence-corrected chi connectivity index (χ3v) is 3.20. The number of amides is 1. The van der Waals surface area contributed by atoms with Gasteiger partial charge in [0.25, 0.3) is 5.91 Å². The van der Waals surface area contributed by atoms with Gasteiger partial charge in [-0.2, -0.15) is 5.10 Å². The van der Waals surface area contributed by atoms with Gasteiger partial charge in [0, 0.05) is 10.0 Å². The van der Waals surface area contributed by atoms with Crippen molar-refractivity contribution in [1.82, 2.24) is 5.43 Å². The second-order valence-electron chi connectivity index (χ2n) is 4.10. The van der Waals surface area contributed by atoms with E-state index in [1.165, 1.54) is 19.4 Å². The van der Waals surface area contributed by atoms with Gasteiger partial charge in [0.1, 0.15) is 11.5 Å². The highest BCUT2D eigenvalue weighted by Crippen LogP contribution is 2.20. The minimum atomic E-state index is -0.391. The standard InChI is InChI=1S/C15H13BrN2O3/c1-21-14-5-3-2-4-12(14)15(20)18-17-9-10-8-11(16)6-7-13(10)19/h2-9,19H,1H3,(H,18,20). The average molecular weight is 349 g/mol. The zero-order valence-corrected chi connectivity index (χ0v) is 12.8. The summed E-state index contributed by atoms with van der Waals surface area (Å²) in [5.74, 6) is 0.155. The predicted molar refractivity (Wildman–Crippen MR) is 83.9 cm³/mol. The number of halogens is 1. The molecule has 21 heavy (non-hydrogen) atoms. The molecule has 0 fully saturated rings. The molecule has 0 atom stereocenters. The van der Waals surface area contributed by atoms with Crippen molar-refractivity contribution in [3.05, 3.63) is 58.1 Å². The number of rotatable bonds is 4.